The fourth-order valence-electron chi connectivity index (χ4n) is 3.04. The van der Waals surface area contributed by atoms with Crippen molar-refractivity contribution >= 4 is 41.7 Å². The molecule has 0 heterocycles. The lowest BCUT2D eigenvalue weighted by atomic mass is 9.98. The zero-order valence-electron chi connectivity index (χ0n) is 20.1. The minimum Gasteiger partial charge on any atom is -0.393 e. The molecule has 0 fully saturated rings. The Morgan fingerprint density at radius 1 is 1.21 bits per heavy atom. The van der Waals surface area contributed by atoms with Gasteiger partial charge in [0.25, 0.3) is 11.8 Å². The third-order valence-corrected chi connectivity index (χ3v) is 5.42. The van der Waals surface area contributed by atoms with E-state index in [2.05, 4.69) is 17.3 Å². The number of amides is 3. The summed E-state index contributed by atoms with van der Waals surface area (Å²) >= 11 is 6.16. The quantitative estimate of drug-likeness (QED) is 0.133. The van der Waals surface area contributed by atoms with Crippen molar-refractivity contribution in [1.29, 1.82) is 0 Å². The highest BCUT2D eigenvalue weighted by molar-refractivity contribution is 6.34. The number of benzene rings is 1. The van der Waals surface area contributed by atoms with Crippen LogP contribution in [0.5, 0.6) is 0 Å². The molecule has 0 aliphatic rings. The Hall–Kier alpha value is -2.53. The number of hydrogen-bond acceptors (Lipinski definition) is 7. The van der Waals surface area contributed by atoms with Gasteiger partial charge in [-0.25, -0.2) is 5.01 Å². The molecule has 4 N–H and O–H groups in total. The fourth-order valence-corrected chi connectivity index (χ4v) is 3.25. The Kier molecular flexibility index (Phi) is 11.6. The summed E-state index contributed by atoms with van der Waals surface area (Å²) in [6, 6.07) is 4.22. The summed E-state index contributed by atoms with van der Waals surface area (Å²) in [5.41, 5.74) is -2.29. The van der Waals surface area contributed by atoms with Gasteiger partial charge in [0.15, 0.2) is 0 Å². The van der Waals surface area contributed by atoms with Crippen molar-refractivity contribution in [3.63, 3.8) is 0 Å². The SMILES string of the molecule is CCCCCC(C)(O)CNC(=O)c1cc(N(C=O)/N=C\C(=O)N(C)CC(C)(O)CO)ccc1Cl. The van der Waals surface area contributed by atoms with Gasteiger partial charge in [-0.2, -0.15) is 5.10 Å². The first-order chi connectivity index (χ1) is 15.9. The molecule has 0 radical (unpaired) electrons. The molecule has 1 aromatic rings. The summed E-state index contributed by atoms with van der Waals surface area (Å²) in [6.45, 7) is 4.43. The van der Waals surface area contributed by atoms with Crippen molar-refractivity contribution in [3.8, 4) is 0 Å². The fraction of sp³-hybridized carbons (Fsp3) is 0.565. The van der Waals surface area contributed by atoms with Gasteiger partial charge in [-0.15, -0.1) is 0 Å². The summed E-state index contributed by atoms with van der Waals surface area (Å²) in [4.78, 5) is 37.6. The molecule has 2 unspecified atom stereocenters. The van der Waals surface area contributed by atoms with Crippen molar-refractivity contribution in [3.05, 3.63) is 28.8 Å². The lowest BCUT2D eigenvalue weighted by molar-refractivity contribution is -0.126. The van der Waals surface area contributed by atoms with Gasteiger partial charge in [0.1, 0.15) is 11.8 Å². The lowest BCUT2D eigenvalue weighted by Gasteiger charge is -2.26. The van der Waals surface area contributed by atoms with Crippen molar-refractivity contribution in [2.45, 2.75) is 57.7 Å². The molecule has 3 amide bonds. The third kappa shape index (κ3) is 9.76. The highest BCUT2D eigenvalue weighted by Crippen LogP contribution is 2.23. The molecule has 11 heteroatoms. The molecule has 0 bridgehead atoms. The maximum atomic E-state index is 12.7. The van der Waals surface area contributed by atoms with Gasteiger partial charge in [-0.1, -0.05) is 37.8 Å². The second kappa shape index (κ2) is 13.4. The second-order valence-corrected chi connectivity index (χ2v) is 9.25. The topological polar surface area (TPSA) is 143 Å². The number of carbonyl (C=O) groups is 3. The number of halogens is 1. The van der Waals surface area contributed by atoms with E-state index in [0.29, 0.717) is 12.8 Å². The van der Waals surface area contributed by atoms with Crippen molar-refractivity contribution in [2.24, 2.45) is 5.10 Å². The number of aliphatic hydroxyl groups excluding tert-OH is 1. The zero-order valence-corrected chi connectivity index (χ0v) is 20.9. The monoisotopic (exact) mass is 498 g/mol. The van der Waals surface area contributed by atoms with Gasteiger partial charge in [-0.05, 0) is 38.5 Å². The predicted octanol–water partition coefficient (Wildman–Crippen LogP) is 1.55. The molecule has 0 aliphatic carbocycles. The maximum Gasteiger partial charge on any atom is 0.266 e. The van der Waals surface area contributed by atoms with E-state index in [-0.39, 0.29) is 29.4 Å². The molecule has 34 heavy (non-hydrogen) atoms. The number of nitrogens with one attached hydrogen (secondary N) is 1. The molecular formula is C23H35ClN4O6. The number of aliphatic hydroxyl groups is 3. The first-order valence-electron chi connectivity index (χ1n) is 11.0. The van der Waals surface area contributed by atoms with Gasteiger partial charge >= 0.3 is 0 Å². The summed E-state index contributed by atoms with van der Waals surface area (Å²) in [5, 5.41) is 36.9. The average Bonchev–Trinajstić information content (AvgIpc) is 2.78. The molecule has 0 aromatic heterocycles. The number of unbranched alkanes of at least 4 members (excludes halogenated alkanes) is 2. The second-order valence-electron chi connectivity index (χ2n) is 8.84. The molecular weight excluding hydrogens is 464 g/mol. The number of hydrazone groups is 1. The summed E-state index contributed by atoms with van der Waals surface area (Å²) in [5.74, 6) is -1.14. The van der Waals surface area contributed by atoms with Crippen LogP contribution < -0.4 is 10.3 Å². The predicted molar refractivity (Wildman–Crippen MR) is 131 cm³/mol. The van der Waals surface area contributed by atoms with Crippen molar-refractivity contribution < 1.29 is 29.7 Å². The number of anilines is 1. The summed E-state index contributed by atoms with van der Waals surface area (Å²) < 4.78 is 0. The normalized spacial score (nSPS) is 14.8. The van der Waals surface area contributed by atoms with Crippen LogP contribution >= 0.6 is 11.6 Å². The van der Waals surface area contributed by atoms with E-state index < -0.39 is 29.6 Å². The minimum atomic E-state index is -1.48. The van der Waals surface area contributed by atoms with Crippen molar-refractivity contribution in [1.82, 2.24) is 10.2 Å². The lowest BCUT2D eigenvalue weighted by Crippen LogP contribution is -2.44. The van der Waals surface area contributed by atoms with Gasteiger partial charge in [0.2, 0.25) is 6.41 Å². The van der Waals surface area contributed by atoms with Gasteiger partial charge in [0.05, 0.1) is 35.0 Å². The van der Waals surface area contributed by atoms with E-state index in [9.17, 15) is 24.6 Å². The van der Waals surface area contributed by atoms with E-state index >= 15 is 0 Å². The Balaban J connectivity index is 2.91. The summed E-state index contributed by atoms with van der Waals surface area (Å²) in [7, 11) is 1.41. The van der Waals surface area contributed by atoms with Crippen LogP contribution in [0.1, 0.15) is 56.8 Å². The van der Waals surface area contributed by atoms with Crippen LogP contribution in [-0.2, 0) is 9.59 Å². The Morgan fingerprint density at radius 2 is 1.88 bits per heavy atom. The highest BCUT2D eigenvalue weighted by atomic mass is 35.5. The first kappa shape index (κ1) is 29.5. The van der Waals surface area contributed by atoms with Crippen LogP contribution in [0.25, 0.3) is 0 Å². The molecule has 0 saturated heterocycles. The largest absolute Gasteiger partial charge is 0.393 e. The number of carbonyl (C=O) groups excluding carboxylic acids is 3. The zero-order chi connectivity index (χ0) is 25.9. The summed E-state index contributed by atoms with van der Waals surface area (Å²) in [6.07, 6.45) is 4.62. The van der Waals surface area contributed by atoms with E-state index in [1.807, 2.05) is 0 Å². The van der Waals surface area contributed by atoms with Crippen LogP contribution in [0.4, 0.5) is 5.69 Å². The average molecular weight is 499 g/mol. The Labute approximate surface area is 205 Å². The number of rotatable bonds is 14. The van der Waals surface area contributed by atoms with Gasteiger partial charge in [0, 0.05) is 13.6 Å². The third-order valence-electron chi connectivity index (χ3n) is 5.09. The van der Waals surface area contributed by atoms with E-state index in [0.717, 1.165) is 35.4 Å². The van der Waals surface area contributed by atoms with E-state index in [4.69, 9.17) is 16.7 Å². The van der Waals surface area contributed by atoms with Crippen molar-refractivity contribution in [2.75, 3.05) is 31.8 Å². The molecule has 10 nitrogen and oxygen atoms in total. The van der Waals surface area contributed by atoms with Crippen LogP contribution in [0.15, 0.2) is 23.3 Å². The number of nitrogens with zero attached hydrogens (tertiary/aromatic N) is 3. The number of likely N-dealkylation sites (N-methyl/N-ethyl adjacent to an activating group) is 1. The first-order valence-corrected chi connectivity index (χ1v) is 11.4. The molecule has 2 atom stereocenters. The standard InChI is InChI=1S/C23H35ClN4O6/c1-5-6-7-10-22(2,33)13-25-21(32)18-11-17(8-9-19(18)24)28(16-30)26-12-20(31)27(4)14-23(3,34)15-29/h8-9,11-12,16,29,33-34H,5-7,10,13-15H2,1-4H3,(H,25,32)/b26-12-. The molecule has 1 rings (SSSR count). The van der Waals surface area contributed by atoms with Crippen LogP contribution in [-0.4, -0.2) is 82.6 Å². The molecule has 0 saturated carbocycles. The smallest absolute Gasteiger partial charge is 0.266 e. The molecule has 0 spiro atoms. The van der Waals surface area contributed by atoms with Gasteiger partial charge < -0.3 is 25.5 Å². The minimum absolute atomic E-state index is 0.0319. The maximum absolute atomic E-state index is 12.7. The number of hydrogen-bond donors (Lipinski definition) is 4. The molecule has 0 aliphatic heterocycles. The van der Waals surface area contributed by atoms with E-state index in [1.54, 1.807) is 6.92 Å². The van der Waals surface area contributed by atoms with E-state index in [1.165, 1.54) is 32.2 Å². The van der Waals surface area contributed by atoms with Crippen LogP contribution in [0.2, 0.25) is 5.02 Å². The Morgan fingerprint density at radius 3 is 2.47 bits per heavy atom. The molecule has 1 aromatic carbocycles. The highest BCUT2D eigenvalue weighted by Gasteiger charge is 2.24. The van der Waals surface area contributed by atoms with Gasteiger partial charge in [-0.3, -0.25) is 14.4 Å². The van der Waals surface area contributed by atoms with Crippen LogP contribution in [0.3, 0.4) is 0 Å². The van der Waals surface area contributed by atoms with Crippen LogP contribution in [0, 0.1) is 0 Å². The molecule has 190 valence electrons. The Bertz CT molecular complexity index is 875.